The van der Waals surface area contributed by atoms with Crippen LogP contribution in [0, 0.1) is 55.4 Å². The average molecular weight is 345 g/mol. The van der Waals surface area contributed by atoms with Gasteiger partial charge in [0.1, 0.15) is 6.07 Å². The van der Waals surface area contributed by atoms with Gasteiger partial charge >= 0.3 is 0 Å². The van der Waals surface area contributed by atoms with Gasteiger partial charge < -0.3 is 5.73 Å². The smallest absolute Gasteiger partial charge is 0.272 e. The minimum atomic E-state index is -1.82. The molecule has 0 radical (unpaired) electrons. The third-order valence-electron chi connectivity index (χ3n) is 5.27. The highest BCUT2D eigenvalue weighted by atomic mass is 16.6. The molecule has 2 N–H and O–H groups in total. The van der Waals surface area contributed by atoms with Crippen molar-refractivity contribution in [2.75, 3.05) is 0 Å². The summed E-state index contributed by atoms with van der Waals surface area (Å²) in [6, 6.07) is 12.1. The number of rotatable bonds is 2. The standard InChI is InChI=1S/C19H15N5O2/c20-9-15-12-5-1-2-6-13(12)17(19(10-21,11-22)18(15)23)14-7-3-4-8-16(14)24(25)26/h3-5,7-8,13,17H,1-2,6,23H2/t13-,17+/m1/s1. The van der Waals surface area contributed by atoms with E-state index in [4.69, 9.17) is 5.73 Å². The summed E-state index contributed by atoms with van der Waals surface area (Å²) in [5, 5.41) is 40.9. The predicted molar refractivity (Wildman–Crippen MR) is 91.7 cm³/mol. The molecule has 7 nitrogen and oxygen atoms in total. The minimum absolute atomic E-state index is 0.113. The Bertz CT molecular complexity index is 957. The number of hydrogen-bond acceptors (Lipinski definition) is 6. The van der Waals surface area contributed by atoms with E-state index in [0.717, 1.165) is 12.8 Å². The molecular formula is C19H15N5O2. The largest absolute Gasteiger partial charge is 0.399 e. The molecule has 128 valence electrons. The lowest BCUT2D eigenvalue weighted by atomic mass is 9.56. The molecule has 0 heterocycles. The van der Waals surface area contributed by atoms with Gasteiger partial charge in [-0.15, -0.1) is 0 Å². The van der Waals surface area contributed by atoms with Crippen molar-refractivity contribution in [2.24, 2.45) is 17.1 Å². The molecule has 0 amide bonds. The summed E-state index contributed by atoms with van der Waals surface area (Å²) in [6.45, 7) is 0. The van der Waals surface area contributed by atoms with Gasteiger partial charge in [-0.3, -0.25) is 10.1 Å². The highest BCUT2D eigenvalue weighted by Crippen LogP contribution is 2.56. The second-order valence-corrected chi connectivity index (χ2v) is 6.42. The molecule has 1 aromatic carbocycles. The zero-order valence-corrected chi connectivity index (χ0v) is 13.8. The third-order valence-corrected chi connectivity index (χ3v) is 5.27. The van der Waals surface area contributed by atoms with Crippen LogP contribution in [0.2, 0.25) is 0 Å². The summed E-state index contributed by atoms with van der Waals surface area (Å²) in [6.07, 6.45) is 4.11. The lowest BCUT2D eigenvalue weighted by Gasteiger charge is -2.43. The summed E-state index contributed by atoms with van der Waals surface area (Å²) in [4.78, 5) is 11.0. The van der Waals surface area contributed by atoms with Gasteiger partial charge in [0.25, 0.3) is 5.69 Å². The highest BCUT2D eigenvalue weighted by molar-refractivity contribution is 5.61. The Labute approximate surface area is 150 Å². The van der Waals surface area contributed by atoms with Crippen LogP contribution < -0.4 is 5.73 Å². The Kier molecular flexibility index (Phi) is 4.20. The molecule has 0 aliphatic heterocycles. The van der Waals surface area contributed by atoms with Crippen LogP contribution in [-0.4, -0.2) is 4.92 Å². The molecule has 2 aliphatic carbocycles. The quantitative estimate of drug-likeness (QED) is 0.644. The fourth-order valence-electron chi connectivity index (χ4n) is 4.13. The minimum Gasteiger partial charge on any atom is -0.399 e. The summed E-state index contributed by atoms with van der Waals surface area (Å²) < 4.78 is 0. The number of nitrogens with zero attached hydrogens (tertiary/aromatic N) is 4. The predicted octanol–water partition coefficient (Wildman–Crippen LogP) is 3.19. The lowest BCUT2D eigenvalue weighted by Crippen LogP contribution is -2.42. The van der Waals surface area contributed by atoms with E-state index in [9.17, 15) is 25.9 Å². The SMILES string of the molecule is N#CC1=C(N)C(C#N)(C#N)[C@H](c2ccccc2[N+](=O)[O-])[C@@H]2CCCC=C12. The first-order chi connectivity index (χ1) is 12.5. The number of allylic oxidation sites excluding steroid dienone is 4. The molecule has 0 bridgehead atoms. The molecule has 2 atom stereocenters. The van der Waals surface area contributed by atoms with Gasteiger partial charge in [0, 0.05) is 17.5 Å². The molecule has 0 spiro atoms. The first kappa shape index (κ1) is 17.2. The topological polar surface area (TPSA) is 141 Å². The molecule has 3 rings (SSSR count). The van der Waals surface area contributed by atoms with Gasteiger partial charge in [0.05, 0.1) is 28.3 Å². The maximum absolute atomic E-state index is 11.5. The van der Waals surface area contributed by atoms with Crippen LogP contribution in [0.15, 0.2) is 47.2 Å². The normalized spacial score (nSPS) is 23.7. The van der Waals surface area contributed by atoms with Crippen molar-refractivity contribution >= 4 is 5.69 Å². The second kappa shape index (κ2) is 6.35. The number of fused-ring (bicyclic) bond motifs is 1. The molecule has 7 heteroatoms. The van der Waals surface area contributed by atoms with E-state index in [1.807, 2.05) is 24.3 Å². The Morgan fingerprint density at radius 2 is 1.92 bits per heavy atom. The van der Waals surface area contributed by atoms with Crippen LogP contribution in [0.5, 0.6) is 0 Å². The molecule has 0 unspecified atom stereocenters. The fourth-order valence-corrected chi connectivity index (χ4v) is 4.13. The van der Waals surface area contributed by atoms with Crippen molar-refractivity contribution in [3.63, 3.8) is 0 Å². The van der Waals surface area contributed by atoms with Crippen LogP contribution in [0.4, 0.5) is 5.69 Å². The molecule has 0 fully saturated rings. The van der Waals surface area contributed by atoms with Crippen LogP contribution in [0.1, 0.15) is 30.7 Å². The molecule has 0 saturated carbocycles. The van der Waals surface area contributed by atoms with Crippen molar-refractivity contribution in [3.8, 4) is 18.2 Å². The molecule has 2 aliphatic rings. The highest BCUT2D eigenvalue weighted by Gasteiger charge is 2.55. The number of hydrogen-bond donors (Lipinski definition) is 1. The van der Waals surface area contributed by atoms with E-state index >= 15 is 0 Å². The zero-order chi connectivity index (χ0) is 18.9. The lowest BCUT2D eigenvalue weighted by molar-refractivity contribution is -0.385. The Morgan fingerprint density at radius 3 is 2.54 bits per heavy atom. The molecule has 26 heavy (non-hydrogen) atoms. The van der Waals surface area contributed by atoms with Crippen molar-refractivity contribution in [1.29, 1.82) is 15.8 Å². The summed E-state index contributed by atoms with van der Waals surface area (Å²) in [5.41, 5.74) is 5.23. The number of para-hydroxylation sites is 1. The van der Waals surface area contributed by atoms with Gasteiger partial charge in [0.2, 0.25) is 0 Å². The van der Waals surface area contributed by atoms with E-state index in [1.165, 1.54) is 6.07 Å². The zero-order valence-electron chi connectivity index (χ0n) is 13.8. The maximum Gasteiger partial charge on any atom is 0.272 e. The molecule has 0 aromatic heterocycles. The number of nitro groups is 1. The number of benzene rings is 1. The Hall–Kier alpha value is -3.63. The molecular weight excluding hydrogens is 330 g/mol. The average Bonchev–Trinajstić information content (AvgIpc) is 2.67. The van der Waals surface area contributed by atoms with E-state index in [0.29, 0.717) is 17.6 Å². The van der Waals surface area contributed by atoms with Crippen molar-refractivity contribution in [1.82, 2.24) is 0 Å². The Balaban J connectivity index is 2.39. The summed E-state index contributed by atoms with van der Waals surface area (Å²) in [5.74, 6) is -1.14. The third kappa shape index (κ3) is 2.24. The van der Waals surface area contributed by atoms with Crippen molar-refractivity contribution in [2.45, 2.75) is 25.2 Å². The first-order valence-electron chi connectivity index (χ1n) is 8.18. The van der Waals surface area contributed by atoms with Crippen molar-refractivity contribution in [3.05, 3.63) is 62.9 Å². The van der Waals surface area contributed by atoms with Crippen LogP contribution in [-0.2, 0) is 0 Å². The molecule has 0 saturated heterocycles. The van der Waals surface area contributed by atoms with Gasteiger partial charge in [-0.05, 0) is 30.8 Å². The van der Waals surface area contributed by atoms with E-state index < -0.39 is 16.3 Å². The molecule has 1 aromatic rings. The second-order valence-electron chi connectivity index (χ2n) is 6.42. The van der Waals surface area contributed by atoms with Crippen molar-refractivity contribution < 1.29 is 4.92 Å². The summed E-state index contributed by atoms with van der Waals surface area (Å²) >= 11 is 0. The van der Waals surface area contributed by atoms with E-state index in [1.54, 1.807) is 18.2 Å². The van der Waals surface area contributed by atoms with Gasteiger partial charge in [0.15, 0.2) is 5.41 Å². The van der Waals surface area contributed by atoms with Crippen LogP contribution >= 0.6 is 0 Å². The monoisotopic (exact) mass is 345 g/mol. The number of nitrogens with two attached hydrogens (primary N) is 1. The van der Waals surface area contributed by atoms with E-state index in [2.05, 4.69) is 0 Å². The summed E-state index contributed by atoms with van der Waals surface area (Å²) in [7, 11) is 0. The van der Waals surface area contributed by atoms with Gasteiger partial charge in [-0.2, -0.15) is 15.8 Å². The van der Waals surface area contributed by atoms with E-state index in [-0.39, 0.29) is 22.9 Å². The first-order valence-corrected chi connectivity index (χ1v) is 8.18. The Morgan fingerprint density at radius 1 is 1.23 bits per heavy atom. The number of nitro benzene ring substituents is 1. The maximum atomic E-state index is 11.5. The van der Waals surface area contributed by atoms with Crippen LogP contribution in [0.25, 0.3) is 0 Å². The van der Waals surface area contributed by atoms with Gasteiger partial charge in [-0.25, -0.2) is 0 Å². The van der Waals surface area contributed by atoms with Crippen LogP contribution in [0.3, 0.4) is 0 Å². The number of nitriles is 3. The fraction of sp³-hybridized carbons (Fsp3) is 0.316. The van der Waals surface area contributed by atoms with Gasteiger partial charge in [-0.1, -0.05) is 24.3 Å².